The molecule has 21 heavy (non-hydrogen) atoms. The Morgan fingerprint density at radius 2 is 2.00 bits per heavy atom. The summed E-state index contributed by atoms with van der Waals surface area (Å²) in [5.74, 6) is 0.978. The molecule has 0 spiro atoms. The molecule has 1 saturated heterocycles. The summed E-state index contributed by atoms with van der Waals surface area (Å²) < 4.78 is 5.49. The molecule has 0 aromatic heterocycles. The van der Waals surface area contributed by atoms with Crippen LogP contribution < -0.4 is 5.32 Å². The monoisotopic (exact) mass is 294 g/mol. The summed E-state index contributed by atoms with van der Waals surface area (Å²) in [4.78, 5) is 25.5. The molecule has 5 nitrogen and oxygen atoms in total. The molecule has 2 unspecified atom stereocenters. The van der Waals surface area contributed by atoms with Crippen molar-refractivity contribution in [3.05, 3.63) is 12.7 Å². The fourth-order valence-corrected chi connectivity index (χ4v) is 3.04. The maximum Gasteiger partial charge on any atom is 0.410 e. The predicted molar refractivity (Wildman–Crippen MR) is 80.8 cm³/mol. The second kappa shape index (κ2) is 6.08. The zero-order chi connectivity index (χ0) is 15.6. The molecule has 5 heteroatoms. The number of amides is 2. The Kier molecular flexibility index (Phi) is 4.59. The molecule has 2 aliphatic rings. The molecule has 2 rings (SSSR count). The zero-order valence-electron chi connectivity index (χ0n) is 13.2. The van der Waals surface area contributed by atoms with Crippen molar-refractivity contribution in [1.29, 1.82) is 0 Å². The Bertz CT molecular complexity index is 424. The molecular formula is C16H26N2O3. The van der Waals surface area contributed by atoms with Crippen LogP contribution in [0.25, 0.3) is 0 Å². The summed E-state index contributed by atoms with van der Waals surface area (Å²) in [6, 6.07) is 0.0382. The van der Waals surface area contributed by atoms with Gasteiger partial charge in [-0.25, -0.2) is 4.79 Å². The number of carbonyl (C=O) groups excluding carboxylic acids is 2. The first kappa shape index (κ1) is 15.9. The lowest BCUT2D eigenvalue weighted by Gasteiger charge is -2.30. The lowest BCUT2D eigenvalue weighted by molar-refractivity contribution is -0.116. The number of nitrogens with one attached hydrogen (secondary N) is 1. The van der Waals surface area contributed by atoms with Crippen molar-refractivity contribution in [3.63, 3.8) is 0 Å². The van der Waals surface area contributed by atoms with Crippen molar-refractivity contribution in [2.24, 2.45) is 11.8 Å². The molecule has 2 fully saturated rings. The first-order valence-electron chi connectivity index (χ1n) is 7.71. The summed E-state index contributed by atoms with van der Waals surface area (Å²) in [6.07, 6.45) is 4.46. The van der Waals surface area contributed by atoms with Crippen LogP contribution in [0.2, 0.25) is 0 Å². The molecule has 0 aromatic carbocycles. The molecule has 1 saturated carbocycles. The van der Waals surface area contributed by atoms with Crippen LogP contribution in [0.1, 0.15) is 40.0 Å². The first-order valence-corrected chi connectivity index (χ1v) is 7.71. The topological polar surface area (TPSA) is 58.6 Å². The summed E-state index contributed by atoms with van der Waals surface area (Å²) >= 11 is 0. The van der Waals surface area contributed by atoms with Crippen LogP contribution >= 0.6 is 0 Å². The number of hydrogen-bond donors (Lipinski definition) is 1. The van der Waals surface area contributed by atoms with Gasteiger partial charge in [-0.3, -0.25) is 4.79 Å². The Hall–Kier alpha value is -1.52. The van der Waals surface area contributed by atoms with E-state index in [0.717, 1.165) is 6.42 Å². The maximum atomic E-state index is 12.3. The predicted octanol–water partition coefficient (Wildman–Crippen LogP) is 2.32. The van der Waals surface area contributed by atoms with Crippen LogP contribution in [0.4, 0.5) is 4.79 Å². The second-order valence-corrected chi connectivity index (χ2v) is 6.98. The average Bonchev–Trinajstić information content (AvgIpc) is 3.13. The summed E-state index contributed by atoms with van der Waals surface area (Å²) in [5, 5.41) is 2.83. The van der Waals surface area contributed by atoms with E-state index in [1.165, 1.54) is 18.9 Å². The van der Waals surface area contributed by atoms with E-state index in [4.69, 9.17) is 4.74 Å². The Morgan fingerprint density at radius 1 is 1.33 bits per heavy atom. The smallest absolute Gasteiger partial charge is 0.410 e. The van der Waals surface area contributed by atoms with Gasteiger partial charge in [-0.05, 0) is 57.9 Å². The first-order chi connectivity index (χ1) is 9.81. The number of hydrogen-bond acceptors (Lipinski definition) is 3. The highest BCUT2D eigenvalue weighted by Gasteiger charge is 2.45. The minimum Gasteiger partial charge on any atom is -0.444 e. The molecule has 1 N–H and O–H groups in total. The van der Waals surface area contributed by atoms with Crippen LogP contribution in [0, 0.1) is 11.8 Å². The van der Waals surface area contributed by atoms with E-state index < -0.39 is 5.60 Å². The van der Waals surface area contributed by atoms with E-state index in [1.54, 1.807) is 4.90 Å². The third-order valence-corrected chi connectivity index (χ3v) is 4.12. The van der Waals surface area contributed by atoms with Crippen molar-refractivity contribution in [3.8, 4) is 0 Å². The molecule has 1 aliphatic heterocycles. The van der Waals surface area contributed by atoms with Crippen LogP contribution in [-0.2, 0) is 9.53 Å². The van der Waals surface area contributed by atoms with Gasteiger partial charge in [-0.1, -0.05) is 6.58 Å². The molecule has 2 amide bonds. The number of carbonyl (C=O) groups is 2. The van der Waals surface area contributed by atoms with Gasteiger partial charge in [0, 0.05) is 13.1 Å². The summed E-state index contributed by atoms with van der Waals surface area (Å²) in [5.41, 5.74) is -0.496. The van der Waals surface area contributed by atoms with Crippen molar-refractivity contribution in [2.75, 3.05) is 13.1 Å². The highest BCUT2D eigenvalue weighted by atomic mass is 16.6. The molecule has 1 aliphatic carbocycles. The van der Waals surface area contributed by atoms with Gasteiger partial charge in [0.15, 0.2) is 0 Å². The van der Waals surface area contributed by atoms with Crippen molar-refractivity contribution >= 4 is 12.0 Å². The number of ether oxygens (including phenoxy) is 1. The van der Waals surface area contributed by atoms with Gasteiger partial charge in [0.25, 0.3) is 0 Å². The minimum atomic E-state index is -0.496. The lowest BCUT2D eigenvalue weighted by atomic mass is 9.95. The number of rotatable bonds is 4. The van der Waals surface area contributed by atoms with E-state index >= 15 is 0 Å². The van der Waals surface area contributed by atoms with Gasteiger partial charge in [0.05, 0.1) is 6.04 Å². The lowest BCUT2D eigenvalue weighted by Crippen LogP contribution is -2.47. The second-order valence-electron chi connectivity index (χ2n) is 6.98. The van der Waals surface area contributed by atoms with Crippen LogP contribution in [0.3, 0.4) is 0 Å². The molecular weight excluding hydrogens is 268 g/mol. The Balaban J connectivity index is 2.02. The molecule has 0 aromatic rings. The molecule has 0 bridgehead atoms. The fourth-order valence-electron chi connectivity index (χ4n) is 3.04. The fraction of sp³-hybridized carbons (Fsp3) is 0.750. The van der Waals surface area contributed by atoms with Crippen molar-refractivity contribution in [1.82, 2.24) is 10.2 Å². The largest absolute Gasteiger partial charge is 0.444 e. The van der Waals surface area contributed by atoms with E-state index in [-0.39, 0.29) is 18.0 Å². The summed E-state index contributed by atoms with van der Waals surface area (Å²) in [7, 11) is 0. The molecule has 0 radical (unpaired) electrons. The Morgan fingerprint density at radius 3 is 2.52 bits per heavy atom. The van der Waals surface area contributed by atoms with E-state index in [9.17, 15) is 9.59 Å². The van der Waals surface area contributed by atoms with Gasteiger partial charge in [0.1, 0.15) is 5.60 Å². The highest BCUT2D eigenvalue weighted by molar-refractivity contribution is 5.86. The van der Waals surface area contributed by atoms with Crippen LogP contribution in [-0.4, -0.2) is 41.6 Å². The minimum absolute atomic E-state index is 0.0382. The van der Waals surface area contributed by atoms with Gasteiger partial charge >= 0.3 is 6.09 Å². The molecule has 1 heterocycles. The van der Waals surface area contributed by atoms with Gasteiger partial charge in [-0.2, -0.15) is 0 Å². The Labute approximate surface area is 126 Å². The number of likely N-dealkylation sites (tertiary alicyclic amines) is 1. The SMILES string of the molecule is C=CC(=O)NCC1C(C2CC2)CCN1C(=O)OC(C)(C)C. The third kappa shape index (κ3) is 4.22. The van der Waals surface area contributed by atoms with E-state index in [1.807, 2.05) is 20.8 Å². The van der Waals surface area contributed by atoms with E-state index in [0.29, 0.717) is 24.9 Å². The van der Waals surface area contributed by atoms with Gasteiger partial charge in [-0.15, -0.1) is 0 Å². The van der Waals surface area contributed by atoms with Crippen LogP contribution in [0.5, 0.6) is 0 Å². The average molecular weight is 294 g/mol. The normalized spacial score (nSPS) is 25.6. The maximum absolute atomic E-state index is 12.3. The van der Waals surface area contributed by atoms with Crippen LogP contribution in [0.15, 0.2) is 12.7 Å². The van der Waals surface area contributed by atoms with Gasteiger partial charge < -0.3 is 15.0 Å². The number of nitrogens with zero attached hydrogens (tertiary/aromatic N) is 1. The van der Waals surface area contributed by atoms with Gasteiger partial charge in [0.2, 0.25) is 5.91 Å². The zero-order valence-corrected chi connectivity index (χ0v) is 13.2. The van der Waals surface area contributed by atoms with E-state index in [2.05, 4.69) is 11.9 Å². The summed E-state index contributed by atoms with van der Waals surface area (Å²) in [6.45, 7) is 10.3. The van der Waals surface area contributed by atoms with Crippen molar-refractivity contribution in [2.45, 2.75) is 51.7 Å². The molecule has 2 atom stereocenters. The quantitative estimate of drug-likeness (QED) is 0.810. The highest BCUT2D eigenvalue weighted by Crippen LogP contribution is 2.44. The third-order valence-electron chi connectivity index (χ3n) is 4.12. The standard InChI is InChI=1S/C16H26N2O3/c1-5-14(19)17-10-13-12(11-6-7-11)8-9-18(13)15(20)21-16(2,3)4/h5,11-13H,1,6-10H2,2-4H3,(H,17,19). The molecule has 118 valence electrons. The van der Waals surface area contributed by atoms with Crippen molar-refractivity contribution < 1.29 is 14.3 Å².